The van der Waals surface area contributed by atoms with E-state index >= 15 is 0 Å². The quantitative estimate of drug-likeness (QED) is 0.891. The number of benzene rings is 1. The van der Waals surface area contributed by atoms with Crippen molar-refractivity contribution in [3.63, 3.8) is 0 Å². The van der Waals surface area contributed by atoms with Crippen LogP contribution in [0.2, 0.25) is 0 Å². The first-order valence-corrected chi connectivity index (χ1v) is 6.99. The first-order chi connectivity index (χ1) is 9.24. The lowest BCUT2D eigenvalue weighted by Gasteiger charge is -2.08. The molecule has 2 heterocycles. The van der Waals surface area contributed by atoms with Crippen LogP contribution in [0, 0.1) is 0 Å². The molecule has 0 radical (unpaired) electrons. The summed E-state index contributed by atoms with van der Waals surface area (Å²) in [5.74, 6) is -0.221. The van der Waals surface area contributed by atoms with Crippen molar-refractivity contribution in [3.8, 4) is 5.69 Å². The maximum atomic E-state index is 10.9. The van der Waals surface area contributed by atoms with Gasteiger partial charge in [0.1, 0.15) is 6.04 Å². The summed E-state index contributed by atoms with van der Waals surface area (Å²) in [4.78, 5) is 10.9. The van der Waals surface area contributed by atoms with Gasteiger partial charge in [0.05, 0.1) is 17.3 Å². The van der Waals surface area contributed by atoms with Crippen LogP contribution < -0.4 is 5.32 Å². The summed E-state index contributed by atoms with van der Waals surface area (Å²) in [6.07, 6.45) is 3.71. The maximum Gasteiger partial charge on any atom is 0.321 e. The van der Waals surface area contributed by atoms with E-state index in [4.69, 9.17) is 5.11 Å². The van der Waals surface area contributed by atoms with Crippen LogP contribution in [0.3, 0.4) is 0 Å². The van der Waals surface area contributed by atoms with Gasteiger partial charge in [-0.15, -0.1) is 11.8 Å². The van der Waals surface area contributed by atoms with Crippen LogP contribution in [-0.2, 0) is 4.79 Å². The molecular formula is C13H13N3O2S. The lowest BCUT2D eigenvalue weighted by molar-refractivity contribution is -0.138. The normalized spacial score (nSPS) is 22.5. The van der Waals surface area contributed by atoms with Gasteiger partial charge in [0.2, 0.25) is 0 Å². The Bertz CT molecular complexity index is 585. The fraction of sp³-hybridized carbons (Fsp3) is 0.231. The van der Waals surface area contributed by atoms with Crippen LogP contribution >= 0.6 is 11.8 Å². The Morgan fingerprint density at radius 1 is 1.42 bits per heavy atom. The van der Waals surface area contributed by atoms with Crippen LogP contribution in [0.1, 0.15) is 10.9 Å². The summed E-state index contributed by atoms with van der Waals surface area (Å²) in [5, 5.41) is 16.4. The Kier molecular flexibility index (Phi) is 3.27. The number of para-hydroxylation sites is 1. The molecule has 19 heavy (non-hydrogen) atoms. The molecular weight excluding hydrogens is 262 g/mol. The predicted octanol–water partition coefficient (Wildman–Crippen LogP) is 1.66. The summed E-state index contributed by atoms with van der Waals surface area (Å²) in [5.41, 5.74) is 1.99. The standard InChI is InChI=1S/C13H13N3O2S/c17-13(18)11-8-19-12(15-11)9-6-14-16(7-9)10-4-2-1-3-5-10/h1-7,11-12,15H,8H2,(H,17,18)/t11-,12?/m0/s1. The van der Waals surface area contributed by atoms with Gasteiger partial charge in [0.25, 0.3) is 0 Å². The molecule has 1 aliphatic rings. The van der Waals surface area contributed by atoms with Crippen molar-refractivity contribution >= 4 is 17.7 Å². The molecule has 2 N–H and O–H groups in total. The van der Waals surface area contributed by atoms with Crippen molar-refractivity contribution in [2.75, 3.05) is 5.75 Å². The van der Waals surface area contributed by atoms with Crippen LogP contribution in [0.4, 0.5) is 0 Å². The average molecular weight is 275 g/mol. The Morgan fingerprint density at radius 2 is 2.21 bits per heavy atom. The lowest BCUT2D eigenvalue weighted by atomic mass is 10.3. The van der Waals surface area contributed by atoms with Gasteiger partial charge in [0, 0.05) is 17.5 Å². The minimum Gasteiger partial charge on any atom is -0.480 e. The molecule has 1 aromatic carbocycles. The molecule has 3 rings (SSSR count). The maximum absolute atomic E-state index is 10.9. The molecule has 2 atom stereocenters. The van der Waals surface area contributed by atoms with Crippen LogP contribution in [0.5, 0.6) is 0 Å². The fourth-order valence-corrected chi connectivity index (χ4v) is 3.20. The van der Waals surface area contributed by atoms with Crippen molar-refractivity contribution in [2.45, 2.75) is 11.4 Å². The molecule has 0 saturated carbocycles. The molecule has 6 heteroatoms. The van der Waals surface area contributed by atoms with E-state index in [2.05, 4.69) is 10.4 Å². The highest BCUT2D eigenvalue weighted by Gasteiger charge is 2.30. The average Bonchev–Trinajstić information content (AvgIpc) is 3.09. The molecule has 1 saturated heterocycles. The van der Waals surface area contributed by atoms with Crippen LogP contribution in [-0.4, -0.2) is 32.7 Å². The summed E-state index contributed by atoms with van der Waals surface area (Å²) in [7, 11) is 0. The number of aromatic nitrogens is 2. The first-order valence-electron chi connectivity index (χ1n) is 5.94. The van der Waals surface area contributed by atoms with Gasteiger partial charge in [-0.25, -0.2) is 4.68 Å². The highest BCUT2D eigenvalue weighted by atomic mass is 32.2. The van der Waals surface area contributed by atoms with Crippen LogP contribution in [0.25, 0.3) is 5.69 Å². The van der Waals surface area contributed by atoms with Gasteiger partial charge in [-0.2, -0.15) is 5.10 Å². The zero-order chi connectivity index (χ0) is 13.2. The second kappa shape index (κ2) is 5.07. The topological polar surface area (TPSA) is 67.1 Å². The number of rotatable bonds is 3. The number of hydrogen-bond donors (Lipinski definition) is 2. The van der Waals surface area contributed by atoms with E-state index in [0.29, 0.717) is 5.75 Å². The number of hydrogen-bond acceptors (Lipinski definition) is 4. The summed E-state index contributed by atoms with van der Waals surface area (Å²) in [6, 6.07) is 9.35. The SMILES string of the molecule is O=C(O)[C@@H]1CSC(c2cnn(-c3ccccc3)c2)N1. The van der Waals surface area contributed by atoms with E-state index in [0.717, 1.165) is 11.3 Å². The first kappa shape index (κ1) is 12.3. The third kappa shape index (κ3) is 2.50. The lowest BCUT2D eigenvalue weighted by Crippen LogP contribution is -2.33. The monoisotopic (exact) mass is 275 g/mol. The molecule has 0 amide bonds. The zero-order valence-electron chi connectivity index (χ0n) is 10.1. The van der Waals surface area contributed by atoms with E-state index in [-0.39, 0.29) is 5.37 Å². The molecule has 1 unspecified atom stereocenters. The number of thioether (sulfide) groups is 1. The smallest absolute Gasteiger partial charge is 0.321 e. The third-order valence-corrected chi connectivity index (χ3v) is 4.27. The van der Waals surface area contributed by atoms with Crippen molar-refractivity contribution < 1.29 is 9.90 Å². The second-order valence-electron chi connectivity index (χ2n) is 4.32. The van der Waals surface area contributed by atoms with E-state index in [1.165, 1.54) is 0 Å². The van der Waals surface area contributed by atoms with E-state index in [1.54, 1.807) is 22.6 Å². The Balaban J connectivity index is 1.78. The molecule has 1 aromatic heterocycles. The number of carboxylic acid groups (broad SMARTS) is 1. The second-order valence-corrected chi connectivity index (χ2v) is 5.46. The molecule has 0 spiro atoms. The molecule has 1 fully saturated rings. The Labute approximate surface area is 114 Å². The van der Waals surface area contributed by atoms with Crippen molar-refractivity contribution in [2.24, 2.45) is 0 Å². The van der Waals surface area contributed by atoms with Gasteiger partial charge >= 0.3 is 5.97 Å². The van der Waals surface area contributed by atoms with Gasteiger partial charge in [0.15, 0.2) is 0 Å². The predicted molar refractivity (Wildman–Crippen MR) is 73.3 cm³/mol. The summed E-state index contributed by atoms with van der Waals surface area (Å²) >= 11 is 1.60. The fourth-order valence-electron chi connectivity index (χ4n) is 2.00. The zero-order valence-corrected chi connectivity index (χ0v) is 10.9. The van der Waals surface area contributed by atoms with Gasteiger partial charge in [-0.05, 0) is 12.1 Å². The molecule has 0 aliphatic carbocycles. The Hall–Kier alpha value is -1.79. The van der Waals surface area contributed by atoms with E-state index < -0.39 is 12.0 Å². The van der Waals surface area contributed by atoms with Gasteiger partial charge in [-0.1, -0.05) is 18.2 Å². The number of carboxylic acids is 1. The largest absolute Gasteiger partial charge is 0.480 e. The number of nitrogens with zero attached hydrogens (tertiary/aromatic N) is 2. The molecule has 5 nitrogen and oxygen atoms in total. The van der Waals surface area contributed by atoms with Crippen molar-refractivity contribution in [1.29, 1.82) is 0 Å². The summed E-state index contributed by atoms with van der Waals surface area (Å²) in [6.45, 7) is 0. The van der Waals surface area contributed by atoms with Crippen LogP contribution in [0.15, 0.2) is 42.7 Å². The minimum absolute atomic E-state index is 0.00133. The van der Waals surface area contributed by atoms with Gasteiger partial charge in [-0.3, -0.25) is 10.1 Å². The van der Waals surface area contributed by atoms with Crippen molar-refractivity contribution in [3.05, 3.63) is 48.3 Å². The third-order valence-electron chi connectivity index (χ3n) is 3.01. The van der Waals surface area contributed by atoms with Gasteiger partial charge < -0.3 is 5.11 Å². The minimum atomic E-state index is -0.801. The van der Waals surface area contributed by atoms with E-state index in [1.807, 2.05) is 36.5 Å². The molecule has 0 bridgehead atoms. The number of nitrogens with one attached hydrogen (secondary N) is 1. The number of aliphatic carboxylic acids is 1. The molecule has 1 aliphatic heterocycles. The molecule has 98 valence electrons. The highest BCUT2D eigenvalue weighted by molar-refractivity contribution is 7.99. The van der Waals surface area contributed by atoms with Crippen molar-refractivity contribution in [1.82, 2.24) is 15.1 Å². The highest BCUT2D eigenvalue weighted by Crippen LogP contribution is 2.32. The van der Waals surface area contributed by atoms with E-state index in [9.17, 15) is 4.79 Å². The Morgan fingerprint density at radius 3 is 2.89 bits per heavy atom. The molecule has 2 aromatic rings. The number of carbonyl (C=O) groups is 1. The summed E-state index contributed by atoms with van der Waals surface area (Å²) < 4.78 is 1.80.